The molecular formula is C20H27N3O2. The number of anilines is 1. The van der Waals surface area contributed by atoms with Gasteiger partial charge in [-0.1, -0.05) is 23.8 Å². The zero-order chi connectivity index (χ0) is 17.6. The van der Waals surface area contributed by atoms with Gasteiger partial charge in [0.15, 0.2) is 0 Å². The molecule has 2 amide bonds. The van der Waals surface area contributed by atoms with Gasteiger partial charge >= 0.3 is 0 Å². The first kappa shape index (κ1) is 17.5. The van der Waals surface area contributed by atoms with Gasteiger partial charge in [-0.3, -0.25) is 9.59 Å². The number of nitrogens with zero attached hydrogens (tertiary/aromatic N) is 2. The number of piperazine rings is 1. The molecule has 1 aromatic rings. The third-order valence-corrected chi connectivity index (χ3v) is 4.97. The fourth-order valence-electron chi connectivity index (χ4n) is 3.22. The van der Waals surface area contributed by atoms with Crippen LogP contribution < -0.4 is 10.2 Å². The van der Waals surface area contributed by atoms with Gasteiger partial charge in [0.1, 0.15) is 0 Å². The molecule has 134 valence electrons. The van der Waals surface area contributed by atoms with E-state index in [0.717, 1.165) is 31.8 Å². The zero-order valence-electron chi connectivity index (χ0n) is 14.9. The van der Waals surface area contributed by atoms with Gasteiger partial charge in [-0.15, -0.1) is 0 Å². The fourth-order valence-corrected chi connectivity index (χ4v) is 3.22. The fraction of sp³-hybridized carbons (Fsp3) is 0.500. The SMILES string of the molecule is C/C(=C\C(=O)NCCC(=O)N1CCN(c2ccccc2)CC1)C1CC1. The second kappa shape index (κ2) is 8.19. The minimum absolute atomic E-state index is 0.0777. The molecule has 3 rings (SSSR count). The lowest BCUT2D eigenvalue weighted by Crippen LogP contribution is -2.49. The molecule has 0 aromatic heterocycles. The Labute approximate surface area is 149 Å². The number of carbonyl (C=O) groups is 2. The molecule has 1 saturated heterocycles. The zero-order valence-corrected chi connectivity index (χ0v) is 14.9. The van der Waals surface area contributed by atoms with Crippen LogP contribution in [0.15, 0.2) is 42.0 Å². The molecule has 0 radical (unpaired) electrons. The van der Waals surface area contributed by atoms with Gasteiger partial charge in [-0.25, -0.2) is 0 Å². The van der Waals surface area contributed by atoms with Gasteiger partial charge < -0.3 is 15.1 Å². The van der Waals surface area contributed by atoms with Crippen molar-refractivity contribution in [3.8, 4) is 0 Å². The van der Waals surface area contributed by atoms with Gasteiger partial charge in [-0.2, -0.15) is 0 Å². The largest absolute Gasteiger partial charge is 0.368 e. The Morgan fingerprint density at radius 3 is 2.44 bits per heavy atom. The van der Waals surface area contributed by atoms with Crippen LogP contribution >= 0.6 is 0 Å². The number of hydrogen-bond donors (Lipinski definition) is 1. The minimum atomic E-state index is -0.0777. The lowest BCUT2D eigenvalue weighted by Gasteiger charge is -2.36. The molecule has 0 atom stereocenters. The van der Waals surface area contributed by atoms with Crippen LogP contribution in [-0.2, 0) is 9.59 Å². The van der Waals surface area contributed by atoms with Crippen molar-refractivity contribution in [2.45, 2.75) is 26.2 Å². The number of amides is 2. The minimum Gasteiger partial charge on any atom is -0.368 e. The summed E-state index contributed by atoms with van der Waals surface area (Å²) in [6.07, 6.45) is 4.44. The number of rotatable bonds is 6. The molecule has 1 heterocycles. The predicted octanol–water partition coefficient (Wildman–Crippen LogP) is 2.20. The Balaban J connectivity index is 1.36. The maximum atomic E-state index is 12.3. The van der Waals surface area contributed by atoms with Crippen molar-refractivity contribution in [1.82, 2.24) is 10.2 Å². The van der Waals surface area contributed by atoms with Crippen molar-refractivity contribution in [1.29, 1.82) is 0 Å². The van der Waals surface area contributed by atoms with E-state index in [4.69, 9.17) is 0 Å². The molecule has 2 fully saturated rings. The summed E-state index contributed by atoms with van der Waals surface area (Å²) in [6, 6.07) is 10.3. The normalized spacial score (nSPS) is 18.2. The summed E-state index contributed by atoms with van der Waals surface area (Å²) in [5, 5.41) is 2.83. The van der Waals surface area contributed by atoms with Crippen LogP contribution in [0, 0.1) is 5.92 Å². The van der Waals surface area contributed by atoms with E-state index in [2.05, 4.69) is 22.3 Å². The summed E-state index contributed by atoms with van der Waals surface area (Å²) < 4.78 is 0. The smallest absolute Gasteiger partial charge is 0.243 e. The van der Waals surface area contributed by atoms with Crippen LogP contribution in [0.25, 0.3) is 0 Å². The quantitative estimate of drug-likeness (QED) is 0.807. The molecule has 0 spiro atoms. The number of carbonyl (C=O) groups excluding carboxylic acids is 2. The van der Waals surface area contributed by atoms with E-state index in [1.165, 1.54) is 18.5 Å². The highest BCUT2D eigenvalue weighted by molar-refractivity contribution is 5.88. The number of benzene rings is 1. The molecule has 5 nitrogen and oxygen atoms in total. The molecule has 5 heteroatoms. The lowest BCUT2D eigenvalue weighted by atomic mass is 10.2. The highest BCUT2D eigenvalue weighted by Gasteiger charge is 2.23. The molecule has 1 saturated carbocycles. The Hall–Kier alpha value is -2.30. The van der Waals surface area contributed by atoms with Crippen LogP contribution in [0.1, 0.15) is 26.2 Å². The number of para-hydroxylation sites is 1. The third kappa shape index (κ3) is 5.08. The summed E-state index contributed by atoms with van der Waals surface area (Å²) in [7, 11) is 0. The average molecular weight is 341 g/mol. The second-order valence-electron chi connectivity index (χ2n) is 6.91. The average Bonchev–Trinajstić information content (AvgIpc) is 3.48. The molecule has 1 aliphatic carbocycles. The van der Waals surface area contributed by atoms with Gasteiger partial charge in [0.05, 0.1) is 0 Å². The standard InChI is InChI=1S/C20H27N3O2/c1-16(17-7-8-17)15-19(24)21-10-9-20(25)23-13-11-22(12-14-23)18-5-3-2-4-6-18/h2-6,15,17H,7-14H2,1H3,(H,21,24)/b16-15+. The Morgan fingerprint density at radius 2 is 1.80 bits per heavy atom. The lowest BCUT2D eigenvalue weighted by molar-refractivity contribution is -0.131. The molecule has 0 unspecified atom stereocenters. The van der Waals surface area contributed by atoms with Crippen LogP contribution in [0.3, 0.4) is 0 Å². The van der Waals surface area contributed by atoms with E-state index < -0.39 is 0 Å². The Morgan fingerprint density at radius 1 is 1.12 bits per heavy atom. The van der Waals surface area contributed by atoms with Gasteiger partial charge in [0.25, 0.3) is 0 Å². The molecular weight excluding hydrogens is 314 g/mol. The van der Waals surface area contributed by atoms with Crippen LogP contribution in [0.2, 0.25) is 0 Å². The summed E-state index contributed by atoms with van der Waals surface area (Å²) in [6.45, 7) is 5.60. The first-order valence-electron chi connectivity index (χ1n) is 9.17. The molecule has 25 heavy (non-hydrogen) atoms. The van der Waals surface area contributed by atoms with E-state index in [9.17, 15) is 9.59 Å². The maximum absolute atomic E-state index is 12.3. The first-order valence-corrected chi connectivity index (χ1v) is 9.17. The van der Waals surface area contributed by atoms with Crippen LogP contribution in [0.5, 0.6) is 0 Å². The number of hydrogen-bond acceptors (Lipinski definition) is 3. The van der Waals surface area contributed by atoms with E-state index in [1.54, 1.807) is 6.08 Å². The van der Waals surface area contributed by atoms with Crippen molar-refractivity contribution in [3.63, 3.8) is 0 Å². The van der Waals surface area contributed by atoms with Crippen molar-refractivity contribution in [3.05, 3.63) is 42.0 Å². The van der Waals surface area contributed by atoms with Crippen LogP contribution in [0.4, 0.5) is 5.69 Å². The maximum Gasteiger partial charge on any atom is 0.243 e. The molecule has 1 N–H and O–H groups in total. The van der Waals surface area contributed by atoms with E-state index >= 15 is 0 Å². The highest BCUT2D eigenvalue weighted by Crippen LogP contribution is 2.35. The van der Waals surface area contributed by atoms with Gasteiger partial charge in [-0.05, 0) is 37.8 Å². The predicted molar refractivity (Wildman–Crippen MR) is 99.3 cm³/mol. The van der Waals surface area contributed by atoms with Gasteiger partial charge in [0, 0.05) is 50.9 Å². The topological polar surface area (TPSA) is 52.7 Å². The van der Waals surface area contributed by atoms with Crippen molar-refractivity contribution in [2.75, 3.05) is 37.6 Å². The van der Waals surface area contributed by atoms with E-state index in [1.807, 2.05) is 30.0 Å². The van der Waals surface area contributed by atoms with E-state index in [0.29, 0.717) is 18.9 Å². The molecule has 1 aromatic carbocycles. The summed E-state index contributed by atoms with van der Waals surface area (Å²) in [5.74, 6) is 0.648. The van der Waals surface area contributed by atoms with Crippen molar-refractivity contribution < 1.29 is 9.59 Å². The molecule has 0 bridgehead atoms. The second-order valence-corrected chi connectivity index (χ2v) is 6.91. The highest BCUT2D eigenvalue weighted by atomic mass is 16.2. The summed E-state index contributed by atoms with van der Waals surface area (Å²) in [4.78, 5) is 28.3. The number of nitrogens with one attached hydrogen (secondary N) is 1. The first-order chi connectivity index (χ1) is 12.1. The summed E-state index contributed by atoms with van der Waals surface area (Å²) >= 11 is 0. The van der Waals surface area contributed by atoms with E-state index in [-0.39, 0.29) is 11.8 Å². The number of allylic oxidation sites excluding steroid dienone is 1. The Kier molecular flexibility index (Phi) is 5.74. The van der Waals surface area contributed by atoms with Crippen molar-refractivity contribution >= 4 is 17.5 Å². The monoisotopic (exact) mass is 341 g/mol. The van der Waals surface area contributed by atoms with Gasteiger partial charge in [0.2, 0.25) is 11.8 Å². The molecule has 1 aliphatic heterocycles. The third-order valence-electron chi connectivity index (χ3n) is 4.97. The van der Waals surface area contributed by atoms with Crippen LogP contribution in [-0.4, -0.2) is 49.4 Å². The Bertz CT molecular complexity index is 630. The van der Waals surface area contributed by atoms with Crippen molar-refractivity contribution in [2.24, 2.45) is 5.92 Å². The summed E-state index contributed by atoms with van der Waals surface area (Å²) in [5.41, 5.74) is 2.36. The molecule has 2 aliphatic rings.